The number of amides is 1. The number of rotatable bonds is 9. The van der Waals surface area contributed by atoms with E-state index in [1.165, 1.54) is 0 Å². The third-order valence-corrected chi connectivity index (χ3v) is 6.26. The standard InChI is InChI=1S/C30H28N4O3/c1-20-28(21(2)34(33-20)18-24-7-4-8-26(14-24)30(36)32-3)16-29(35)25-12-10-22(11-13-25)19-37-27-9-5-6-23(15-27)17-31/h4-15H,16,18-19H2,1-3H3,(H,32,36). The van der Waals surface area contributed by atoms with Crippen LogP contribution >= 0.6 is 0 Å². The molecule has 0 radical (unpaired) electrons. The van der Waals surface area contributed by atoms with E-state index < -0.39 is 0 Å². The first-order chi connectivity index (χ1) is 17.9. The summed E-state index contributed by atoms with van der Waals surface area (Å²) in [5.41, 5.74) is 6.32. The van der Waals surface area contributed by atoms with Gasteiger partial charge in [0.15, 0.2) is 5.78 Å². The second-order valence-corrected chi connectivity index (χ2v) is 8.81. The number of ether oxygens (including phenoxy) is 1. The summed E-state index contributed by atoms with van der Waals surface area (Å²) in [6.45, 7) is 4.73. The van der Waals surface area contributed by atoms with Gasteiger partial charge in [-0.25, -0.2) is 0 Å². The molecule has 3 aromatic carbocycles. The highest BCUT2D eigenvalue weighted by Crippen LogP contribution is 2.19. The van der Waals surface area contributed by atoms with Crippen molar-refractivity contribution in [2.45, 2.75) is 33.4 Å². The number of ketones is 1. The predicted octanol–water partition coefficient (Wildman–Crippen LogP) is 4.78. The lowest BCUT2D eigenvalue weighted by Gasteiger charge is -2.08. The first-order valence-corrected chi connectivity index (χ1v) is 12.0. The third-order valence-electron chi connectivity index (χ3n) is 6.26. The Balaban J connectivity index is 1.41. The van der Waals surface area contributed by atoms with Crippen molar-refractivity contribution >= 4 is 11.7 Å². The Morgan fingerprint density at radius 1 is 0.973 bits per heavy atom. The molecule has 0 fully saturated rings. The Bertz CT molecular complexity index is 1480. The summed E-state index contributed by atoms with van der Waals surface area (Å²) in [4.78, 5) is 25.0. The van der Waals surface area contributed by atoms with E-state index in [0.717, 1.165) is 28.1 Å². The van der Waals surface area contributed by atoms with E-state index in [2.05, 4.69) is 16.5 Å². The Morgan fingerprint density at radius 2 is 1.73 bits per heavy atom. The van der Waals surface area contributed by atoms with Gasteiger partial charge in [-0.1, -0.05) is 42.5 Å². The van der Waals surface area contributed by atoms with Gasteiger partial charge in [0.25, 0.3) is 5.91 Å². The molecule has 0 atom stereocenters. The maximum atomic E-state index is 13.1. The summed E-state index contributed by atoms with van der Waals surface area (Å²) >= 11 is 0. The zero-order valence-corrected chi connectivity index (χ0v) is 21.1. The van der Waals surface area contributed by atoms with Crippen LogP contribution in [0.4, 0.5) is 0 Å². The van der Waals surface area contributed by atoms with Crippen molar-refractivity contribution in [1.29, 1.82) is 5.26 Å². The van der Waals surface area contributed by atoms with Crippen molar-refractivity contribution in [1.82, 2.24) is 15.1 Å². The summed E-state index contributed by atoms with van der Waals surface area (Å²) in [6, 6.07) is 23.9. The third kappa shape index (κ3) is 6.11. The van der Waals surface area contributed by atoms with Gasteiger partial charge in [-0.15, -0.1) is 0 Å². The van der Waals surface area contributed by atoms with Crippen molar-refractivity contribution in [2.75, 3.05) is 7.05 Å². The first-order valence-electron chi connectivity index (χ1n) is 12.0. The molecule has 0 saturated carbocycles. The molecule has 0 aliphatic heterocycles. The summed E-state index contributed by atoms with van der Waals surface area (Å²) in [7, 11) is 1.61. The van der Waals surface area contributed by atoms with Crippen LogP contribution in [0.1, 0.15) is 54.4 Å². The Kier molecular flexibility index (Phi) is 7.80. The molecule has 1 heterocycles. The predicted molar refractivity (Wildman–Crippen MR) is 141 cm³/mol. The number of aromatic nitrogens is 2. The molecule has 1 aromatic heterocycles. The van der Waals surface area contributed by atoms with E-state index in [-0.39, 0.29) is 18.1 Å². The quantitative estimate of drug-likeness (QED) is 0.339. The maximum Gasteiger partial charge on any atom is 0.251 e. The molecule has 7 heteroatoms. The number of carbonyl (C=O) groups is 2. The van der Waals surface area contributed by atoms with Crippen molar-refractivity contribution < 1.29 is 14.3 Å². The number of aryl methyl sites for hydroxylation is 1. The summed E-state index contributed by atoms with van der Waals surface area (Å²) in [5, 5.41) is 16.3. The van der Waals surface area contributed by atoms with Crippen LogP contribution in [0.2, 0.25) is 0 Å². The lowest BCUT2D eigenvalue weighted by atomic mass is 10.0. The highest BCUT2D eigenvalue weighted by Gasteiger charge is 2.17. The molecule has 0 spiro atoms. The van der Waals surface area contributed by atoms with E-state index in [1.807, 2.05) is 67.1 Å². The molecule has 1 amide bonds. The monoisotopic (exact) mass is 492 g/mol. The molecular weight excluding hydrogens is 464 g/mol. The second-order valence-electron chi connectivity index (χ2n) is 8.81. The van der Waals surface area contributed by atoms with Crippen molar-refractivity contribution in [3.8, 4) is 11.8 Å². The number of nitrogens with one attached hydrogen (secondary N) is 1. The van der Waals surface area contributed by atoms with Crippen LogP contribution < -0.4 is 10.1 Å². The SMILES string of the molecule is CNC(=O)c1cccc(Cn2nc(C)c(CC(=O)c3ccc(COc4cccc(C#N)c4)cc3)c2C)c1. The molecule has 0 bridgehead atoms. The minimum Gasteiger partial charge on any atom is -0.489 e. The molecule has 37 heavy (non-hydrogen) atoms. The molecule has 0 unspecified atom stereocenters. The van der Waals surface area contributed by atoms with Gasteiger partial charge in [0.05, 0.1) is 23.9 Å². The molecule has 0 aliphatic carbocycles. The fourth-order valence-electron chi connectivity index (χ4n) is 4.14. The Labute approximate surface area is 216 Å². The van der Waals surface area contributed by atoms with Gasteiger partial charge in [-0.05, 0) is 55.3 Å². The number of hydrogen-bond donors (Lipinski definition) is 1. The number of hydrogen-bond acceptors (Lipinski definition) is 5. The molecule has 4 aromatic rings. The van der Waals surface area contributed by atoms with Crippen LogP contribution in [0.15, 0.2) is 72.8 Å². The molecule has 7 nitrogen and oxygen atoms in total. The minimum absolute atomic E-state index is 0.0153. The molecule has 0 saturated heterocycles. The van der Waals surface area contributed by atoms with E-state index in [1.54, 1.807) is 31.3 Å². The zero-order chi connectivity index (χ0) is 26.4. The maximum absolute atomic E-state index is 13.1. The van der Waals surface area contributed by atoms with E-state index in [4.69, 9.17) is 10.00 Å². The number of carbonyl (C=O) groups excluding carboxylic acids is 2. The smallest absolute Gasteiger partial charge is 0.251 e. The van der Waals surface area contributed by atoms with Gasteiger partial charge < -0.3 is 10.1 Å². The summed E-state index contributed by atoms with van der Waals surface area (Å²) < 4.78 is 7.65. The number of Topliss-reactive ketones (excluding diaryl/α,β-unsaturated/α-hetero) is 1. The van der Waals surface area contributed by atoms with Gasteiger partial charge in [-0.3, -0.25) is 14.3 Å². The van der Waals surface area contributed by atoms with Crippen LogP contribution in [-0.2, 0) is 19.6 Å². The van der Waals surface area contributed by atoms with Gasteiger partial charge in [0.1, 0.15) is 12.4 Å². The highest BCUT2D eigenvalue weighted by atomic mass is 16.5. The molecule has 1 N–H and O–H groups in total. The van der Waals surface area contributed by atoms with Crippen LogP contribution in [0.25, 0.3) is 0 Å². The lowest BCUT2D eigenvalue weighted by molar-refractivity contribution is 0.0961. The molecule has 186 valence electrons. The van der Waals surface area contributed by atoms with E-state index in [9.17, 15) is 9.59 Å². The highest BCUT2D eigenvalue weighted by molar-refractivity contribution is 5.97. The summed E-state index contributed by atoms with van der Waals surface area (Å²) in [5.74, 6) is 0.511. The normalized spacial score (nSPS) is 10.5. The molecule has 0 aliphatic rings. The molecule has 4 rings (SSSR count). The fraction of sp³-hybridized carbons (Fsp3) is 0.200. The number of nitrogens with zero attached hydrogens (tertiary/aromatic N) is 3. The van der Waals surface area contributed by atoms with Crippen molar-refractivity contribution in [3.05, 3.63) is 118 Å². The van der Waals surface area contributed by atoms with Gasteiger partial charge >= 0.3 is 0 Å². The Morgan fingerprint density at radius 3 is 2.46 bits per heavy atom. The fourth-order valence-corrected chi connectivity index (χ4v) is 4.14. The van der Waals surface area contributed by atoms with E-state index >= 15 is 0 Å². The minimum atomic E-state index is -0.132. The second kappa shape index (κ2) is 11.4. The van der Waals surface area contributed by atoms with Crippen LogP contribution in [0.5, 0.6) is 5.75 Å². The topological polar surface area (TPSA) is 97.0 Å². The first kappa shape index (κ1) is 25.4. The van der Waals surface area contributed by atoms with Crippen LogP contribution in [-0.4, -0.2) is 28.5 Å². The lowest BCUT2D eigenvalue weighted by Crippen LogP contribution is -2.18. The van der Waals surface area contributed by atoms with Crippen molar-refractivity contribution in [2.24, 2.45) is 0 Å². The van der Waals surface area contributed by atoms with Crippen LogP contribution in [0, 0.1) is 25.2 Å². The zero-order valence-electron chi connectivity index (χ0n) is 21.1. The van der Waals surface area contributed by atoms with E-state index in [0.29, 0.717) is 35.6 Å². The van der Waals surface area contributed by atoms with Gasteiger partial charge in [-0.2, -0.15) is 10.4 Å². The largest absolute Gasteiger partial charge is 0.489 e. The van der Waals surface area contributed by atoms with Gasteiger partial charge in [0, 0.05) is 35.9 Å². The molecular formula is C30H28N4O3. The Hall–Kier alpha value is -4.70. The number of nitriles is 1. The van der Waals surface area contributed by atoms with Crippen molar-refractivity contribution in [3.63, 3.8) is 0 Å². The van der Waals surface area contributed by atoms with Gasteiger partial charge in [0.2, 0.25) is 0 Å². The van der Waals surface area contributed by atoms with Crippen LogP contribution in [0.3, 0.4) is 0 Å². The average Bonchev–Trinajstić information content (AvgIpc) is 3.19. The average molecular weight is 493 g/mol. The number of benzene rings is 3. The summed E-state index contributed by atoms with van der Waals surface area (Å²) in [6.07, 6.45) is 0.257.